The number of benzene rings is 2. The number of nitrogens with zero attached hydrogens (tertiary/aromatic N) is 1. The molecule has 0 spiro atoms. The highest BCUT2D eigenvalue weighted by atomic mass is 16.5. The lowest BCUT2D eigenvalue weighted by Crippen LogP contribution is -2.42. The van der Waals surface area contributed by atoms with E-state index in [0.29, 0.717) is 29.9 Å². The molecule has 2 radical (unpaired) electrons. The first-order chi connectivity index (χ1) is 14.1. The van der Waals surface area contributed by atoms with Crippen molar-refractivity contribution in [1.82, 2.24) is 0 Å². The van der Waals surface area contributed by atoms with E-state index >= 15 is 0 Å². The van der Waals surface area contributed by atoms with E-state index in [4.69, 9.17) is 12.6 Å². The minimum Gasteiger partial charge on any atom is -0.495 e. The summed E-state index contributed by atoms with van der Waals surface area (Å²) in [5.41, 5.74) is 2.74. The Morgan fingerprint density at radius 1 is 1.13 bits per heavy atom. The molecule has 2 rings (SSSR count). The third kappa shape index (κ3) is 5.98. The van der Waals surface area contributed by atoms with Gasteiger partial charge in [0.05, 0.1) is 12.8 Å². The standard InChI is InChI=1S/C25H32BNO3/c1-17(2)15-27(24(29)25(3,4)5)22-14-19(9-12-23(22)30-6)20(16-28)13-18-7-10-21(26)11-8-18/h7-12,14,16-17,20H,13,15H2,1-6H3. The summed E-state index contributed by atoms with van der Waals surface area (Å²) in [6.07, 6.45) is 1.52. The first-order valence-electron chi connectivity index (χ1n) is 10.4. The van der Waals surface area contributed by atoms with Gasteiger partial charge in [-0.3, -0.25) is 4.79 Å². The third-order valence-corrected chi connectivity index (χ3v) is 4.96. The van der Waals surface area contributed by atoms with Crippen LogP contribution in [0.25, 0.3) is 0 Å². The molecular weight excluding hydrogens is 373 g/mol. The van der Waals surface area contributed by atoms with Crippen molar-refractivity contribution >= 4 is 31.2 Å². The average Bonchev–Trinajstić information content (AvgIpc) is 2.69. The van der Waals surface area contributed by atoms with Crippen molar-refractivity contribution in [3.63, 3.8) is 0 Å². The Labute approximate surface area is 182 Å². The SMILES string of the molecule is [B]c1ccc(CC(C=O)c2ccc(OC)c(N(CC(C)C)C(=O)C(C)(C)C)c2)cc1. The number of hydrogen-bond acceptors (Lipinski definition) is 3. The number of rotatable bonds is 8. The fraction of sp³-hybridized carbons (Fsp3) is 0.440. The summed E-state index contributed by atoms with van der Waals surface area (Å²) >= 11 is 0. The molecule has 1 unspecified atom stereocenters. The summed E-state index contributed by atoms with van der Waals surface area (Å²) in [5, 5.41) is 0. The van der Waals surface area contributed by atoms with Crippen LogP contribution < -0.4 is 15.1 Å². The number of carbonyl (C=O) groups is 2. The van der Waals surface area contributed by atoms with Crippen LogP contribution in [-0.2, 0) is 16.0 Å². The molecule has 0 bridgehead atoms. The average molecular weight is 405 g/mol. The van der Waals surface area contributed by atoms with Crippen molar-refractivity contribution in [3.05, 3.63) is 53.6 Å². The molecule has 0 saturated carbocycles. The van der Waals surface area contributed by atoms with Gasteiger partial charge in [-0.1, -0.05) is 70.4 Å². The summed E-state index contributed by atoms with van der Waals surface area (Å²) < 4.78 is 5.57. The Morgan fingerprint density at radius 2 is 1.77 bits per heavy atom. The fourth-order valence-corrected chi connectivity index (χ4v) is 3.36. The Balaban J connectivity index is 2.47. The molecule has 0 fully saturated rings. The molecule has 0 saturated heterocycles. The first-order valence-corrected chi connectivity index (χ1v) is 10.4. The van der Waals surface area contributed by atoms with Gasteiger partial charge in [-0.2, -0.15) is 0 Å². The van der Waals surface area contributed by atoms with E-state index in [9.17, 15) is 9.59 Å². The lowest BCUT2D eigenvalue weighted by molar-refractivity contribution is -0.125. The molecule has 0 aromatic heterocycles. The summed E-state index contributed by atoms with van der Waals surface area (Å²) in [5.74, 6) is 0.590. The Hall–Kier alpha value is -2.56. The molecule has 2 aromatic rings. The van der Waals surface area contributed by atoms with E-state index in [2.05, 4.69) is 13.8 Å². The van der Waals surface area contributed by atoms with Crippen LogP contribution in [-0.4, -0.2) is 33.7 Å². The topological polar surface area (TPSA) is 46.6 Å². The van der Waals surface area contributed by atoms with Crippen molar-refractivity contribution in [2.75, 3.05) is 18.6 Å². The van der Waals surface area contributed by atoms with Crippen LogP contribution in [0.15, 0.2) is 42.5 Å². The zero-order valence-electron chi connectivity index (χ0n) is 18.9. The molecule has 0 aliphatic rings. The Kier molecular flexibility index (Phi) is 7.88. The zero-order chi connectivity index (χ0) is 22.5. The van der Waals surface area contributed by atoms with Crippen molar-refractivity contribution in [2.45, 2.75) is 47.0 Å². The van der Waals surface area contributed by atoms with E-state index in [1.54, 1.807) is 12.0 Å². The summed E-state index contributed by atoms with van der Waals surface area (Å²) in [6, 6.07) is 13.2. The van der Waals surface area contributed by atoms with Gasteiger partial charge < -0.3 is 14.4 Å². The number of methoxy groups -OCH3 is 1. The van der Waals surface area contributed by atoms with Gasteiger partial charge in [0.1, 0.15) is 19.9 Å². The lowest BCUT2D eigenvalue weighted by Gasteiger charge is -2.32. The molecule has 2 aromatic carbocycles. The molecule has 0 heterocycles. The molecule has 1 amide bonds. The van der Waals surface area contributed by atoms with Crippen LogP contribution >= 0.6 is 0 Å². The van der Waals surface area contributed by atoms with Crippen LogP contribution in [0.1, 0.15) is 51.7 Å². The highest BCUT2D eigenvalue weighted by Gasteiger charge is 2.31. The summed E-state index contributed by atoms with van der Waals surface area (Å²) in [7, 11) is 7.36. The molecule has 158 valence electrons. The van der Waals surface area contributed by atoms with Gasteiger partial charge in [-0.05, 0) is 35.6 Å². The smallest absolute Gasteiger partial charge is 0.232 e. The van der Waals surface area contributed by atoms with Gasteiger partial charge in [0.2, 0.25) is 5.91 Å². The monoisotopic (exact) mass is 405 g/mol. The minimum atomic E-state index is -0.538. The predicted octanol–water partition coefficient (Wildman–Crippen LogP) is 4.05. The maximum absolute atomic E-state index is 13.2. The molecule has 0 N–H and O–H groups in total. The number of amides is 1. The number of ether oxygens (including phenoxy) is 1. The second-order valence-corrected chi connectivity index (χ2v) is 9.18. The highest BCUT2D eigenvalue weighted by Crippen LogP contribution is 2.35. The second kappa shape index (κ2) is 9.97. The zero-order valence-corrected chi connectivity index (χ0v) is 18.9. The van der Waals surface area contributed by atoms with Crippen LogP contribution in [0, 0.1) is 11.3 Å². The number of anilines is 1. The maximum Gasteiger partial charge on any atom is 0.232 e. The summed E-state index contributed by atoms with van der Waals surface area (Å²) in [6.45, 7) is 10.5. The Morgan fingerprint density at radius 3 is 2.27 bits per heavy atom. The number of hydrogen-bond donors (Lipinski definition) is 0. The van der Waals surface area contributed by atoms with Gasteiger partial charge in [-0.15, -0.1) is 0 Å². The van der Waals surface area contributed by atoms with Crippen molar-refractivity contribution in [1.29, 1.82) is 0 Å². The number of aldehydes is 1. The Bertz CT molecular complexity index is 869. The van der Waals surface area contributed by atoms with Gasteiger partial charge in [-0.25, -0.2) is 0 Å². The van der Waals surface area contributed by atoms with Crippen molar-refractivity contribution < 1.29 is 14.3 Å². The van der Waals surface area contributed by atoms with Crippen LogP contribution in [0.4, 0.5) is 5.69 Å². The molecule has 1 atom stereocenters. The van der Waals surface area contributed by atoms with E-state index < -0.39 is 5.41 Å². The maximum atomic E-state index is 13.2. The normalized spacial score (nSPS) is 12.5. The highest BCUT2D eigenvalue weighted by molar-refractivity contribution is 6.32. The first kappa shape index (κ1) is 23.7. The van der Waals surface area contributed by atoms with Crippen molar-refractivity contribution in [3.8, 4) is 5.75 Å². The van der Waals surface area contributed by atoms with Gasteiger partial charge >= 0.3 is 0 Å². The van der Waals surface area contributed by atoms with E-state index in [-0.39, 0.29) is 17.7 Å². The molecule has 4 nitrogen and oxygen atoms in total. The minimum absolute atomic E-state index is 0.0211. The number of carbonyl (C=O) groups excluding carboxylic acids is 2. The molecule has 0 aliphatic heterocycles. The van der Waals surface area contributed by atoms with Gasteiger partial charge in [0.25, 0.3) is 0 Å². The molecule has 30 heavy (non-hydrogen) atoms. The van der Waals surface area contributed by atoms with Crippen LogP contribution in [0.5, 0.6) is 5.75 Å². The summed E-state index contributed by atoms with van der Waals surface area (Å²) in [4.78, 5) is 27.0. The predicted molar refractivity (Wildman–Crippen MR) is 124 cm³/mol. The van der Waals surface area contributed by atoms with Crippen molar-refractivity contribution in [2.24, 2.45) is 11.3 Å². The van der Waals surface area contributed by atoms with Crippen LogP contribution in [0.2, 0.25) is 0 Å². The molecular formula is C25H32BNO3. The van der Waals surface area contributed by atoms with Crippen LogP contribution in [0.3, 0.4) is 0 Å². The van der Waals surface area contributed by atoms with E-state index in [1.807, 2.05) is 63.2 Å². The van der Waals surface area contributed by atoms with E-state index in [1.165, 1.54) is 0 Å². The second-order valence-electron chi connectivity index (χ2n) is 9.18. The third-order valence-electron chi connectivity index (χ3n) is 4.96. The lowest BCUT2D eigenvalue weighted by atomic mass is 9.89. The largest absolute Gasteiger partial charge is 0.495 e. The van der Waals surface area contributed by atoms with E-state index in [0.717, 1.165) is 17.4 Å². The quantitative estimate of drug-likeness (QED) is 0.492. The fourth-order valence-electron chi connectivity index (χ4n) is 3.36. The van der Waals surface area contributed by atoms with Gasteiger partial charge in [0.15, 0.2) is 0 Å². The molecule has 5 heteroatoms. The molecule has 0 aliphatic carbocycles. The van der Waals surface area contributed by atoms with Gasteiger partial charge in [0, 0.05) is 17.9 Å².